The molecule has 7 nitrogen and oxygen atoms in total. The van der Waals surface area contributed by atoms with Crippen molar-refractivity contribution in [3.05, 3.63) is 52.2 Å². The summed E-state index contributed by atoms with van der Waals surface area (Å²) in [5.74, 6) is 0.512. The third-order valence-corrected chi connectivity index (χ3v) is 9.33. The Hall–Kier alpha value is -1.96. The zero-order valence-corrected chi connectivity index (χ0v) is 22.2. The van der Waals surface area contributed by atoms with E-state index in [9.17, 15) is 13.7 Å². The van der Waals surface area contributed by atoms with Gasteiger partial charge in [-0.05, 0) is 61.2 Å². The van der Waals surface area contributed by atoms with Crippen molar-refractivity contribution in [1.82, 2.24) is 14.6 Å². The fourth-order valence-electron chi connectivity index (χ4n) is 5.01. The number of para-hydroxylation sites is 1. The summed E-state index contributed by atoms with van der Waals surface area (Å²) in [5, 5.41) is 13.6. The molecule has 0 amide bonds. The maximum Gasteiger partial charge on any atom is 0.229 e. The Morgan fingerprint density at radius 2 is 1.80 bits per heavy atom. The number of benzene rings is 1. The van der Waals surface area contributed by atoms with Gasteiger partial charge in [-0.25, -0.2) is 8.42 Å². The fourth-order valence-corrected chi connectivity index (χ4v) is 6.98. The van der Waals surface area contributed by atoms with Crippen molar-refractivity contribution in [2.45, 2.75) is 32.6 Å². The van der Waals surface area contributed by atoms with Crippen LogP contribution in [0.3, 0.4) is 0 Å². The molecule has 3 heterocycles. The molecule has 9 heteroatoms. The molecular weight excluding hydrogens is 478 g/mol. The van der Waals surface area contributed by atoms with E-state index in [1.54, 1.807) is 16.3 Å². The minimum Gasteiger partial charge on any atom is -0.301 e. The zero-order chi connectivity index (χ0) is 24.7. The number of hydrogen-bond acceptors (Lipinski definition) is 7. The third-order valence-electron chi connectivity index (χ3n) is 7.21. The number of nitrogens with one attached hydrogen (secondary N) is 1. The number of piperazine rings is 1. The maximum absolute atomic E-state index is 12.8. The first kappa shape index (κ1) is 26.1. The van der Waals surface area contributed by atoms with Gasteiger partial charge in [-0.1, -0.05) is 31.2 Å². The third kappa shape index (κ3) is 7.51. The second-order valence-electron chi connectivity index (χ2n) is 9.76. The second kappa shape index (κ2) is 12.3. The summed E-state index contributed by atoms with van der Waals surface area (Å²) < 4.78 is 25.6. The molecule has 0 saturated carbocycles. The second-order valence-corrected chi connectivity index (χ2v) is 12.6. The highest BCUT2D eigenvalue weighted by Crippen LogP contribution is 2.25. The highest BCUT2D eigenvalue weighted by Gasteiger charge is 2.24. The predicted molar refractivity (Wildman–Crippen MR) is 143 cm³/mol. The van der Waals surface area contributed by atoms with Gasteiger partial charge in [-0.2, -0.15) is 5.26 Å². The van der Waals surface area contributed by atoms with Gasteiger partial charge < -0.3 is 4.90 Å². The molecular formula is C26H37N5O2S2. The van der Waals surface area contributed by atoms with Crippen molar-refractivity contribution < 1.29 is 8.42 Å². The summed E-state index contributed by atoms with van der Waals surface area (Å²) in [6.45, 7) is 7.92. The standard InChI is InChI=1S/C26H37N5O2S2/c1-22(20-25-8-5-18-34-25)24(21-27)10-12-29-13-15-30(16-14-29)17-19-35(32,33)28-31-11-4-7-23-6-2-3-9-26(23)31/h2-3,5-6,8-9,18,22,24,28H,4,7,10-17,19-20H2,1H3. The number of fused-ring (bicyclic) bond motifs is 1. The summed E-state index contributed by atoms with van der Waals surface area (Å²) >= 11 is 1.76. The van der Waals surface area contributed by atoms with Gasteiger partial charge in [0.05, 0.1) is 23.4 Å². The molecule has 1 N–H and O–H groups in total. The quantitative estimate of drug-likeness (QED) is 0.494. The van der Waals surface area contributed by atoms with Crippen LogP contribution in [0.1, 0.15) is 30.2 Å². The largest absolute Gasteiger partial charge is 0.301 e. The average molecular weight is 516 g/mol. The van der Waals surface area contributed by atoms with Gasteiger partial charge in [0.25, 0.3) is 0 Å². The lowest BCUT2D eigenvalue weighted by molar-refractivity contribution is 0.131. The van der Waals surface area contributed by atoms with Gasteiger partial charge in [-0.15, -0.1) is 16.2 Å². The van der Waals surface area contributed by atoms with Crippen molar-refractivity contribution in [3.63, 3.8) is 0 Å². The van der Waals surface area contributed by atoms with Crippen LogP contribution in [-0.4, -0.2) is 69.8 Å². The van der Waals surface area contributed by atoms with Crippen LogP contribution in [0, 0.1) is 23.2 Å². The van der Waals surface area contributed by atoms with Gasteiger partial charge in [0.15, 0.2) is 0 Å². The number of sulfonamides is 1. The van der Waals surface area contributed by atoms with Crippen molar-refractivity contribution in [2.24, 2.45) is 11.8 Å². The van der Waals surface area contributed by atoms with Crippen LogP contribution in [0.5, 0.6) is 0 Å². The van der Waals surface area contributed by atoms with Crippen molar-refractivity contribution in [2.75, 3.05) is 56.6 Å². The van der Waals surface area contributed by atoms with E-state index >= 15 is 0 Å². The summed E-state index contributed by atoms with van der Waals surface area (Å²) in [7, 11) is -3.41. The van der Waals surface area contributed by atoms with Crippen LogP contribution in [0.25, 0.3) is 0 Å². The number of thiophene rings is 1. The number of aryl methyl sites for hydroxylation is 1. The average Bonchev–Trinajstić information content (AvgIpc) is 3.37. The van der Waals surface area contributed by atoms with Crippen molar-refractivity contribution in [3.8, 4) is 6.07 Å². The van der Waals surface area contributed by atoms with Gasteiger partial charge in [0.2, 0.25) is 10.0 Å². The van der Waals surface area contributed by atoms with Crippen LogP contribution < -0.4 is 9.84 Å². The number of nitriles is 1. The lowest BCUT2D eigenvalue weighted by atomic mass is 9.89. The van der Waals surface area contributed by atoms with E-state index in [4.69, 9.17) is 0 Å². The Morgan fingerprint density at radius 1 is 1.06 bits per heavy atom. The molecule has 1 aromatic heterocycles. The summed E-state index contributed by atoms with van der Waals surface area (Å²) in [6, 6.07) is 14.8. The Labute approximate surface area is 214 Å². The molecule has 0 bridgehead atoms. The van der Waals surface area contributed by atoms with Crippen LogP contribution in [0.4, 0.5) is 5.69 Å². The van der Waals surface area contributed by atoms with E-state index < -0.39 is 10.0 Å². The number of anilines is 1. The zero-order valence-electron chi connectivity index (χ0n) is 20.6. The van der Waals surface area contributed by atoms with E-state index in [-0.39, 0.29) is 11.7 Å². The Morgan fingerprint density at radius 3 is 2.51 bits per heavy atom. The molecule has 2 unspecified atom stereocenters. The highest BCUT2D eigenvalue weighted by molar-refractivity contribution is 7.89. The summed E-state index contributed by atoms with van der Waals surface area (Å²) in [4.78, 5) is 8.80. The lowest BCUT2D eigenvalue weighted by Crippen LogP contribution is -2.50. The summed E-state index contributed by atoms with van der Waals surface area (Å²) in [6.07, 6.45) is 3.79. The van der Waals surface area contributed by atoms with Gasteiger partial charge in [0, 0.05) is 44.1 Å². The number of hydrazine groups is 1. The molecule has 4 rings (SSSR count). The molecule has 35 heavy (non-hydrogen) atoms. The monoisotopic (exact) mass is 515 g/mol. The molecule has 1 saturated heterocycles. The highest BCUT2D eigenvalue weighted by atomic mass is 32.2. The first-order valence-corrected chi connectivity index (χ1v) is 15.2. The molecule has 0 aliphatic carbocycles. The molecule has 190 valence electrons. The minimum absolute atomic E-state index is 0.0614. The van der Waals surface area contributed by atoms with Crippen molar-refractivity contribution in [1.29, 1.82) is 5.26 Å². The maximum atomic E-state index is 12.8. The van der Waals surface area contributed by atoms with Crippen LogP contribution in [0.15, 0.2) is 41.8 Å². The molecule has 2 atom stereocenters. The van der Waals surface area contributed by atoms with E-state index in [1.165, 1.54) is 10.4 Å². The number of rotatable bonds is 11. The topological polar surface area (TPSA) is 79.7 Å². The SMILES string of the molecule is CC(Cc1cccs1)C(C#N)CCN1CCN(CCS(=O)(=O)NN2CCCc3ccccc32)CC1. The molecule has 0 radical (unpaired) electrons. The lowest BCUT2D eigenvalue weighted by Gasteiger charge is -2.35. The molecule has 2 aliphatic heterocycles. The first-order valence-electron chi connectivity index (χ1n) is 12.7. The van der Waals surface area contributed by atoms with E-state index in [2.05, 4.69) is 51.2 Å². The normalized spacial score (nSPS) is 19.1. The molecule has 2 aliphatic rings. The minimum atomic E-state index is -3.41. The molecule has 2 aromatic rings. The van der Waals surface area contributed by atoms with E-state index in [0.717, 1.165) is 64.1 Å². The molecule has 1 aromatic carbocycles. The Kier molecular flexibility index (Phi) is 9.20. The van der Waals surface area contributed by atoms with E-state index in [1.807, 2.05) is 18.2 Å². The van der Waals surface area contributed by atoms with Gasteiger partial charge in [-0.3, -0.25) is 9.91 Å². The number of nitrogens with zero attached hydrogens (tertiary/aromatic N) is 4. The van der Waals surface area contributed by atoms with Gasteiger partial charge in [0.1, 0.15) is 0 Å². The van der Waals surface area contributed by atoms with E-state index in [0.29, 0.717) is 19.0 Å². The van der Waals surface area contributed by atoms with Crippen LogP contribution in [0.2, 0.25) is 0 Å². The smallest absolute Gasteiger partial charge is 0.229 e. The van der Waals surface area contributed by atoms with Crippen LogP contribution >= 0.6 is 11.3 Å². The van der Waals surface area contributed by atoms with Crippen molar-refractivity contribution >= 4 is 27.0 Å². The Balaban J connectivity index is 1.17. The molecule has 0 spiro atoms. The summed E-state index contributed by atoms with van der Waals surface area (Å²) in [5.41, 5.74) is 2.16. The van der Waals surface area contributed by atoms with Gasteiger partial charge >= 0.3 is 0 Å². The fraction of sp³-hybridized carbons (Fsp3) is 0.577. The van der Waals surface area contributed by atoms with Crippen LogP contribution in [-0.2, 0) is 22.9 Å². The Bertz CT molecular complexity index is 1080. The predicted octanol–water partition coefficient (Wildman–Crippen LogP) is 3.36. The molecule has 1 fully saturated rings. The first-order chi connectivity index (χ1) is 16.9. The number of hydrogen-bond donors (Lipinski definition) is 1.